The van der Waals surface area contributed by atoms with Crippen molar-refractivity contribution in [1.82, 2.24) is 10.6 Å². The van der Waals surface area contributed by atoms with Crippen LogP contribution in [0.15, 0.2) is 27.8 Å². The lowest BCUT2D eigenvalue weighted by Crippen LogP contribution is -2.40. The summed E-state index contributed by atoms with van der Waals surface area (Å²) >= 11 is 0. The summed E-state index contributed by atoms with van der Waals surface area (Å²) < 4.78 is 22.5. The van der Waals surface area contributed by atoms with Crippen molar-refractivity contribution in [2.45, 2.75) is 38.5 Å². The van der Waals surface area contributed by atoms with E-state index in [1.807, 2.05) is 32.9 Å². The predicted molar refractivity (Wildman–Crippen MR) is 111 cm³/mol. The van der Waals surface area contributed by atoms with Crippen LogP contribution < -0.4 is 10.6 Å². The Bertz CT molecular complexity index is 487. The third-order valence-corrected chi connectivity index (χ3v) is 5.01. The summed E-state index contributed by atoms with van der Waals surface area (Å²) in [4.78, 5) is 4.15. The molecule has 6 nitrogen and oxygen atoms in total. The Morgan fingerprint density at radius 2 is 2.04 bits per heavy atom. The third-order valence-electron chi connectivity index (χ3n) is 3.07. The molecule has 24 heavy (non-hydrogen) atoms. The van der Waals surface area contributed by atoms with Crippen LogP contribution in [0.3, 0.4) is 0 Å². The van der Waals surface area contributed by atoms with E-state index in [9.17, 15) is 4.21 Å². The number of ether oxygens (including phenoxy) is 1. The zero-order chi connectivity index (χ0) is 17.1. The molecule has 0 amide bonds. The normalized spacial score (nSPS) is 13.2. The Labute approximate surface area is 164 Å². The van der Waals surface area contributed by atoms with Gasteiger partial charge >= 0.3 is 0 Å². The van der Waals surface area contributed by atoms with Gasteiger partial charge in [-0.2, -0.15) is 0 Å². The maximum absolute atomic E-state index is 12.0. The van der Waals surface area contributed by atoms with Crippen molar-refractivity contribution in [2.75, 3.05) is 32.5 Å². The Morgan fingerprint density at radius 1 is 1.33 bits per heavy atom. The molecule has 0 aromatic carbocycles. The zero-order valence-corrected chi connectivity index (χ0v) is 18.1. The molecule has 1 aromatic rings. The highest BCUT2D eigenvalue weighted by atomic mass is 127. The summed E-state index contributed by atoms with van der Waals surface area (Å²) in [6, 6.07) is 3.74. The highest BCUT2D eigenvalue weighted by Crippen LogP contribution is 2.10. The second-order valence-corrected chi connectivity index (χ2v) is 8.40. The molecule has 0 aliphatic carbocycles. The summed E-state index contributed by atoms with van der Waals surface area (Å²) in [5.74, 6) is 2.17. The van der Waals surface area contributed by atoms with Gasteiger partial charge in [0.25, 0.3) is 0 Å². The average Bonchev–Trinajstić information content (AvgIpc) is 3.00. The molecule has 1 aromatic heterocycles. The number of aliphatic imine (C=N–C) groups is 1. The van der Waals surface area contributed by atoms with Crippen LogP contribution in [0.2, 0.25) is 0 Å². The molecule has 8 heteroatoms. The van der Waals surface area contributed by atoms with Crippen molar-refractivity contribution in [3.8, 4) is 0 Å². The van der Waals surface area contributed by atoms with Crippen LogP contribution in [0.1, 0.15) is 33.0 Å². The fourth-order valence-electron chi connectivity index (χ4n) is 1.74. The van der Waals surface area contributed by atoms with Gasteiger partial charge in [-0.25, -0.2) is 0 Å². The van der Waals surface area contributed by atoms with Gasteiger partial charge in [-0.1, -0.05) is 0 Å². The summed E-state index contributed by atoms with van der Waals surface area (Å²) in [5.41, 5.74) is 0. The molecule has 0 radical (unpaired) electrons. The number of hydrogen-bond acceptors (Lipinski definition) is 4. The molecule has 1 unspecified atom stereocenters. The van der Waals surface area contributed by atoms with E-state index in [1.165, 1.54) is 0 Å². The zero-order valence-electron chi connectivity index (χ0n) is 15.0. The van der Waals surface area contributed by atoms with Crippen molar-refractivity contribution in [3.05, 3.63) is 24.2 Å². The van der Waals surface area contributed by atoms with E-state index in [2.05, 4.69) is 15.6 Å². The van der Waals surface area contributed by atoms with E-state index in [0.717, 1.165) is 24.7 Å². The van der Waals surface area contributed by atoms with E-state index >= 15 is 0 Å². The Kier molecular flexibility index (Phi) is 12.4. The van der Waals surface area contributed by atoms with Gasteiger partial charge < -0.3 is 19.8 Å². The molecule has 0 spiro atoms. The van der Waals surface area contributed by atoms with E-state index in [0.29, 0.717) is 25.5 Å². The molecule has 0 aliphatic rings. The molecule has 0 aliphatic heterocycles. The lowest BCUT2D eigenvalue weighted by Gasteiger charge is -2.18. The molecule has 1 heterocycles. The molecule has 2 N–H and O–H groups in total. The first-order valence-electron chi connectivity index (χ1n) is 7.86. The van der Waals surface area contributed by atoms with E-state index in [-0.39, 0.29) is 28.7 Å². The minimum absolute atomic E-state index is 0. The van der Waals surface area contributed by atoms with Gasteiger partial charge in [-0.15, -0.1) is 24.0 Å². The van der Waals surface area contributed by atoms with Gasteiger partial charge in [-0.3, -0.25) is 9.20 Å². The largest absolute Gasteiger partial charge is 0.467 e. The van der Waals surface area contributed by atoms with Crippen molar-refractivity contribution in [2.24, 2.45) is 4.99 Å². The van der Waals surface area contributed by atoms with Gasteiger partial charge in [0, 0.05) is 48.0 Å². The first-order valence-corrected chi connectivity index (χ1v) is 9.18. The second kappa shape index (κ2) is 12.7. The van der Waals surface area contributed by atoms with Crippen LogP contribution in [0.5, 0.6) is 0 Å². The molecule has 140 valence electrons. The minimum Gasteiger partial charge on any atom is -0.467 e. The molecule has 0 saturated carbocycles. The summed E-state index contributed by atoms with van der Waals surface area (Å²) in [5, 5.41) is 6.39. The molecule has 1 rings (SSSR count). The van der Waals surface area contributed by atoms with Crippen LogP contribution in [0, 0.1) is 0 Å². The first kappa shape index (κ1) is 23.4. The lowest BCUT2D eigenvalue weighted by molar-refractivity contribution is 0.105. The Morgan fingerprint density at radius 3 is 2.62 bits per heavy atom. The van der Waals surface area contributed by atoms with Crippen LogP contribution in [0.25, 0.3) is 0 Å². The average molecular weight is 471 g/mol. The number of halogens is 1. The molecule has 0 fully saturated rings. The van der Waals surface area contributed by atoms with Gasteiger partial charge in [0.2, 0.25) is 0 Å². The monoisotopic (exact) mass is 471 g/mol. The van der Waals surface area contributed by atoms with Crippen LogP contribution >= 0.6 is 24.0 Å². The fourth-order valence-corrected chi connectivity index (χ4v) is 2.64. The number of guanidine groups is 1. The maximum Gasteiger partial charge on any atom is 0.191 e. The van der Waals surface area contributed by atoms with E-state index in [1.54, 1.807) is 13.3 Å². The van der Waals surface area contributed by atoms with Gasteiger partial charge in [0.15, 0.2) is 5.96 Å². The quantitative estimate of drug-likeness (QED) is 0.251. The summed E-state index contributed by atoms with van der Waals surface area (Å²) in [7, 11) is 0.871. The fraction of sp³-hybridized carbons (Fsp3) is 0.688. The van der Waals surface area contributed by atoms with Gasteiger partial charge in [-0.05, 0) is 39.3 Å². The van der Waals surface area contributed by atoms with Crippen molar-refractivity contribution in [1.29, 1.82) is 0 Å². The molecular formula is C16H30IN3O3S. The van der Waals surface area contributed by atoms with Crippen LogP contribution in [0.4, 0.5) is 0 Å². The topological polar surface area (TPSA) is 75.9 Å². The highest BCUT2D eigenvalue weighted by Gasteiger charge is 2.18. The van der Waals surface area contributed by atoms with Crippen molar-refractivity contribution < 1.29 is 13.4 Å². The minimum atomic E-state index is -0.855. The van der Waals surface area contributed by atoms with Crippen LogP contribution in [-0.2, 0) is 22.1 Å². The summed E-state index contributed by atoms with van der Waals surface area (Å²) in [6.45, 7) is 8.51. The van der Waals surface area contributed by atoms with Crippen LogP contribution in [-0.4, -0.2) is 47.4 Å². The maximum atomic E-state index is 12.0. The smallest absolute Gasteiger partial charge is 0.191 e. The second-order valence-electron chi connectivity index (χ2n) is 6.07. The molecule has 1 atom stereocenters. The van der Waals surface area contributed by atoms with Gasteiger partial charge in [0.1, 0.15) is 12.4 Å². The summed E-state index contributed by atoms with van der Waals surface area (Å²) in [6.07, 6.45) is 2.51. The number of nitrogens with one attached hydrogen (secondary N) is 2. The number of rotatable bonds is 9. The molecule has 0 bridgehead atoms. The lowest BCUT2D eigenvalue weighted by atomic mass is 10.3. The Hall–Kier alpha value is -0.610. The SMILES string of the molecule is CN=C(NCCCOCc1ccco1)NCCS(=O)C(C)(C)C.I. The van der Waals surface area contributed by atoms with Crippen molar-refractivity contribution in [3.63, 3.8) is 0 Å². The van der Waals surface area contributed by atoms with E-state index in [4.69, 9.17) is 9.15 Å². The molecular weight excluding hydrogens is 441 g/mol. The Balaban J connectivity index is 0.00000529. The number of nitrogens with zero attached hydrogens (tertiary/aromatic N) is 1. The van der Waals surface area contributed by atoms with Gasteiger partial charge in [0.05, 0.1) is 6.26 Å². The molecule has 0 saturated heterocycles. The van der Waals surface area contributed by atoms with E-state index < -0.39 is 10.8 Å². The number of furan rings is 1. The first-order chi connectivity index (χ1) is 10.9. The predicted octanol–water partition coefficient (Wildman–Crippen LogP) is 2.52. The third kappa shape index (κ3) is 10.3. The highest BCUT2D eigenvalue weighted by molar-refractivity contribution is 14.0. The van der Waals surface area contributed by atoms with Crippen molar-refractivity contribution >= 4 is 40.7 Å². The standard InChI is InChI=1S/C16H29N3O3S.HI/c1-16(2,3)23(20)12-9-19-15(17-4)18-8-6-10-21-13-14-7-5-11-22-14;/h5,7,11H,6,8-10,12-13H2,1-4H3,(H2,17,18,19);1H. The number of hydrogen-bond donors (Lipinski definition) is 2.